The average molecular weight is 313 g/mol. The van der Waals surface area contributed by atoms with Gasteiger partial charge in [-0.05, 0) is 24.7 Å². The molecule has 1 aromatic rings. The predicted molar refractivity (Wildman–Crippen MR) is 77.3 cm³/mol. The summed E-state index contributed by atoms with van der Waals surface area (Å²) in [6.45, 7) is 4.78. The molecular formula is C14H19NO5S. The summed E-state index contributed by atoms with van der Waals surface area (Å²) in [7, 11) is -3.56. The molecule has 0 saturated carbocycles. The van der Waals surface area contributed by atoms with Gasteiger partial charge in [-0.3, -0.25) is 4.90 Å². The first-order chi connectivity index (χ1) is 9.92. The van der Waals surface area contributed by atoms with Crippen LogP contribution < -0.4 is 0 Å². The zero-order chi connectivity index (χ0) is 15.5. The van der Waals surface area contributed by atoms with Crippen LogP contribution in [0.25, 0.3) is 0 Å². The van der Waals surface area contributed by atoms with Crippen molar-refractivity contribution >= 4 is 15.8 Å². The van der Waals surface area contributed by atoms with Crippen molar-refractivity contribution in [3.8, 4) is 0 Å². The van der Waals surface area contributed by atoms with Crippen molar-refractivity contribution < 1.29 is 23.1 Å². The van der Waals surface area contributed by atoms with E-state index in [1.54, 1.807) is 0 Å². The Labute approximate surface area is 124 Å². The highest BCUT2D eigenvalue weighted by molar-refractivity contribution is 7.91. The molecule has 1 fully saturated rings. The number of benzene rings is 1. The molecule has 7 heteroatoms. The van der Waals surface area contributed by atoms with Gasteiger partial charge in [-0.2, -0.15) is 0 Å². The Morgan fingerprint density at radius 3 is 2.90 bits per heavy atom. The van der Waals surface area contributed by atoms with E-state index in [-0.39, 0.29) is 22.3 Å². The van der Waals surface area contributed by atoms with Crippen LogP contribution in [0, 0.1) is 0 Å². The molecule has 1 N–H and O–H groups in total. The largest absolute Gasteiger partial charge is 0.478 e. The second-order valence-electron chi connectivity index (χ2n) is 5.00. The zero-order valence-electron chi connectivity index (χ0n) is 11.9. The van der Waals surface area contributed by atoms with Gasteiger partial charge in [0.15, 0.2) is 9.84 Å². The standard InChI is InChI=1S/C14H19NO5S/c1-2-15-6-7-20-12(9-15)10-21(18,19)13-5-3-4-11(8-13)14(16)17/h3-5,8,12H,2,6-7,9-10H2,1H3,(H,16,17). The Morgan fingerprint density at radius 1 is 1.48 bits per heavy atom. The van der Waals surface area contributed by atoms with Gasteiger partial charge >= 0.3 is 5.97 Å². The van der Waals surface area contributed by atoms with E-state index in [9.17, 15) is 13.2 Å². The van der Waals surface area contributed by atoms with Crippen LogP contribution in [0.15, 0.2) is 29.2 Å². The normalized spacial score (nSPS) is 20.3. The van der Waals surface area contributed by atoms with E-state index >= 15 is 0 Å². The van der Waals surface area contributed by atoms with Gasteiger partial charge in [-0.1, -0.05) is 13.0 Å². The van der Waals surface area contributed by atoms with E-state index in [1.165, 1.54) is 24.3 Å². The van der Waals surface area contributed by atoms with Crippen LogP contribution in [0.1, 0.15) is 17.3 Å². The molecule has 1 aliphatic rings. The van der Waals surface area contributed by atoms with Crippen molar-refractivity contribution in [1.82, 2.24) is 4.90 Å². The molecule has 0 radical (unpaired) electrons. The lowest BCUT2D eigenvalue weighted by Crippen LogP contribution is -2.45. The molecule has 1 heterocycles. The van der Waals surface area contributed by atoms with Gasteiger partial charge in [-0.15, -0.1) is 0 Å². The number of hydrogen-bond acceptors (Lipinski definition) is 5. The summed E-state index contributed by atoms with van der Waals surface area (Å²) < 4.78 is 30.3. The van der Waals surface area contributed by atoms with Crippen LogP contribution in [0.2, 0.25) is 0 Å². The fraction of sp³-hybridized carbons (Fsp3) is 0.500. The highest BCUT2D eigenvalue weighted by Gasteiger charge is 2.26. The molecule has 0 bridgehead atoms. The topological polar surface area (TPSA) is 83.9 Å². The molecule has 1 aromatic carbocycles. The van der Waals surface area contributed by atoms with Crippen molar-refractivity contribution in [2.75, 3.05) is 32.0 Å². The fourth-order valence-electron chi connectivity index (χ4n) is 2.33. The molecule has 21 heavy (non-hydrogen) atoms. The number of sulfone groups is 1. The summed E-state index contributed by atoms with van der Waals surface area (Å²) in [6, 6.07) is 5.42. The van der Waals surface area contributed by atoms with E-state index < -0.39 is 15.8 Å². The number of carboxylic acids is 1. The van der Waals surface area contributed by atoms with E-state index in [1.807, 2.05) is 6.92 Å². The van der Waals surface area contributed by atoms with Crippen molar-refractivity contribution in [2.45, 2.75) is 17.9 Å². The molecule has 2 rings (SSSR count). The number of rotatable bonds is 5. The monoisotopic (exact) mass is 313 g/mol. The number of hydrogen-bond donors (Lipinski definition) is 1. The summed E-state index contributed by atoms with van der Waals surface area (Å²) in [4.78, 5) is 13.1. The van der Waals surface area contributed by atoms with Crippen molar-refractivity contribution in [2.24, 2.45) is 0 Å². The fourth-order valence-corrected chi connectivity index (χ4v) is 3.81. The number of morpholine rings is 1. The number of carbonyl (C=O) groups is 1. The maximum Gasteiger partial charge on any atom is 0.335 e. The lowest BCUT2D eigenvalue weighted by molar-refractivity contribution is -0.0145. The van der Waals surface area contributed by atoms with Crippen LogP contribution in [-0.4, -0.2) is 62.5 Å². The third-order valence-corrected chi connectivity index (χ3v) is 5.30. The molecule has 0 aromatic heterocycles. The third kappa shape index (κ3) is 4.03. The first-order valence-corrected chi connectivity index (χ1v) is 8.47. The summed E-state index contributed by atoms with van der Waals surface area (Å²) in [5.41, 5.74) is -0.0316. The number of likely N-dealkylation sites (N-methyl/N-ethyl adjacent to an activating group) is 1. The minimum absolute atomic E-state index is 0.0274. The molecule has 1 atom stereocenters. The van der Waals surface area contributed by atoms with Gasteiger partial charge in [0.05, 0.1) is 28.9 Å². The first-order valence-electron chi connectivity index (χ1n) is 6.82. The third-order valence-electron chi connectivity index (χ3n) is 3.52. The summed E-state index contributed by atoms with van der Waals surface area (Å²) in [6.07, 6.45) is -0.378. The number of aromatic carboxylic acids is 1. The average Bonchev–Trinajstić information content (AvgIpc) is 2.47. The Morgan fingerprint density at radius 2 is 2.24 bits per heavy atom. The Balaban J connectivity index is 2.14. The van der Waals surface area contributed by atoms with E-state index in [2.05, 4.69) is 4.90 Å². The first kappa shape index (κ1) is 15.9. The van der Waals surface area contributed by atoms with Gasteiger partial charge in [0, 0.05) is 13.1 Å². The zero-order valence-corrected chi connectivity index (χ0v) is 12.7. The molecular weight excluding hydrogens is 294 g/mol. The lowest BCUT2D eigenvalue weighted by Gasteiger charge is -2.31. The van der Waals surface area contributed by atoms with E-state index in [4.69, 9.17) is 9.84 Å². The molecule has 0 amide bonds. The van der Waals surface area contributed by atoms with Crippen molar-refractivity contribution in [3.05, 3.63) is 29.8 Å². The molecule has 1 aliphatic heterocycles. The minimum Gasteiger partial charge on any atom is -0.478 e. The molecule has 1 unspecified atom stereocenters. The van der Waals surface area contributed by atoms with Crippen LogP contribution in [0.4, 0.5) is 0 Å². The predicted octanol–water partition coefficient (Wildman–Crippen LogP) is 0.879. The number of nitrogens with zero attached hydrogens (tertiary/aromatic N) is 1. The van der Waals surface area contributed by atoms with E-state index in [0.29, 0.717) is 13.2 Å². The maximum atomic E-state index is 12.4. The van der Waals surface area contributed by atoms with Gasteiger partial charge in [-0.25, -0.2) is 13.2 Å². The smallest absolute Gasteiger partial charge is 0.335 e. The lowest BCUT2D eigenvalue weighted by atomic mass is 10.2. The Kier molecular flexibility index (Phi) is 4.97. The minimum atomic E-state index is -3.56. The molecule has 0 aliphatic carbocycles. The van der Waals surface area contributed by atoms with Crippen LogP contribution in [0.3, 0.4) is 0 Å². The second-order valence-corrected chi connectivity index (χ2v) is 7.03. The summed E-state index contributed by atoms with van der Waals surface area (Å²) in [5, 5.41) is 8.94. The van der Waals surface area contributed by atoms with Gasteiger partial charge in [0.2, 0.25) is 0 Å². The molecule has 116 valence electrons. The number of ether oxygens (including phenoxy) is 1. The van der Waals surface area contributed by atoms with Crippen LogP contribution >= 0.6 is 0 Å². The van der Waals surface area contributed by atoms with Gasteiger partial charge < -0.3 is 9.84 Å². The van der Waals surface area contributed by atoms with Crippen molar-refractivity contribution in [1.29, 1.82) is 0 Å². The summed E-state index contributed by atoms with van der Waals surface area (Å²) >= 11 is 0. The molecule has 0 spiro atoms. The maximum absolute atomic E-state index is 12.4. The van der Waals surface area contributed by atoms with Crippen LogP contribution in [0.5, 0.6) is 0 Å². The summed E-state index contributed by atoms with van der Waals surface area (Å²) in [5.74, 6) is -1.27. The quantitative estimate of drug-likeness (QED) is 0.869. The number of carboxylic acid groups (broad SMARTS) is 1. The molecule has 6 nitrogen and oxygen atoms in total. The Hall–Kier alpha value is -1.44. The Bertz CT molecular complexity index is 614. The molecule has 1 saturated heterocycles. The van der Waals surface area contributed by atoms with Gasteiger partial charge in [0.25, 0.3) is 0 Å². The second kappa shape index (κ2) is 6.55. The van der Waals surface area contributed by atoms with Crippen LogP contribution in [-0.2, 0) is 14.6 Å². The van der Waals surface area contributed by atoms with E-state index in [0.717, 1.165) is 13.1 Å². The van der Waals surface area contributed by atoms with Crippen molar-refractivity contribution in [3.63, 3.8) is 0 Å². The highest BCUT2D eigenvalue weighted by Crippen LogP contribution is 2.17. The van der Waals surface area contributed by atoms with Gasteiger partial charge in [0.1, 0.15) is 0 Å². The highest BCUT2D eigenvalue weighted by atomic mass is 32.2. The SMILES string of the molecule is CCN1CCOC(CS(=O)(=O)c2cccc(C(=O)O)c2)C1.